The van der Waals surface area contributed by atoms with Gasteiger partial charge in [-0.3, -0.25) is 0 Å². The average Bonchev–Trinajstić information content (AvgIpc) is 2.23. The van der Waals surface area contributed by atoms with Crippen LogP contribution in [0, 0.1) is 6.92 Å². The molecule has 0 heterocycles. The van der Waals surface area contributed by atoms with Gasteiger partial charge in [0.2, 0.25) is 0 Å². The van der Waals surface area contributed by atoms with Gasteiger partial charge in [0, 0.05) is 13.5 Å². The van der Waals surface area contributed by atoms with Crippen molar-refractivity contribution in [3.63, 3.8) is 0 Å². The Morgan fingerprint density at radius 2 is 2.00 bits per heavy atom. The Balaban J connectivity index is 2.65. The maximum absolute atomic E-state index is 9.96. The number of aliphatic hydroxyl groups is 1. The largest absolute Gasteiger partial charge is 0.390 e. The number of hydrogen-bond donors (Lipinski definition) is 1. The maximum Gasteiger partial charge on any atom is 0.0841 e. The van der Waals surface area contributed by atoms with Crippen molar-refractivity contribution in [3.8, 4) is 0 Å². The van der Waals surface area contributed by atoms with E-state index in [4.69, 9.17) is 4.74 Å². The van der Waals surface area contributed by atoms with Crippen LogP contribution in [0.4, 0.5) is 0 Å². The minimum absolute atomic E-state index is 0.0652. The number of aryl methyl sites for hydroxylation is 1. The van der Waals surface area contributed by atoms with Crippen LogP contribution in [-0.2, 0) is 11.2 Å². The molecule has 84 valence electrons. The zero-order chi connectivity index (χ0) is 11.3. The molecule has 2 atom stereocenters. The van der Waals surface area contributed by atoms with E-state index >= 15 is 0 Å². The summed E-state index contributed by atoms with van der Waals surface area (Å²) in [6.45, 7) is 4.09. The number of hydrogen-bond acceptors (Lipinski definition) is 2. The Labute approximate surface area is 91.9 Å². The molecule has 0 aliphatic carbocycles. The molecule has 1 rings (SSSR count). The normalized spacial score (nSPS) is 14.9. The van der Waals surface area contributed by atoms with Crippen molar-refractivity contribution in [2.75, 3.05) is 7.11 Å². The fourth-order valence-corrected chi connectivity index (χ4v) is 1.79. The van der Waals surface area contributed by atoms with E-state index in [0.29, 0.717) is 6.42 Å². The summed E-state index contributed by atoms with van der Waals surface area (Å²) >= 11 is 0. The van der Waals surface area contributed by atoms with Crippen molar-refractivity contribution >= 4 is 0 Å². The molecule has 1 aromatic carbocycles. The van der Waals surface area contributed by atoms with E-state index in [-0.39, 0.29) is 6.10 Å². The number of ether oxygens (including phenoxy) is 1. The molecule has 2 nitrogen and oxygen atoms in total. The molecule has 0 amide bonds. The lowest BCUT2D eigenvalue weighted by Gasteiger charge is -2.20. The maximum atomic E-state index is 9.96. The number of benzene rings is 1. The molecule has 0 radical (unpaired) electrons. The highest BCUT2D eigenvalue weighted by molar-refractivity contribution is 5.26. The summed E-state index contributed by atoms with van der Waals surface area (Å²) in [7, 11) is 1.65. The van der Waals surface area contributed by atoms with Gasteiger partial charge in [0.15, 0.2) is 0 Å². The number of aliphatic hydroxyl groups excluding tert-OH is 1. The van der Waals surface area contributed by atoms with Crippen LogP contribution in [0.25, 0.3) is 0 Å². The Morgan fingerprint density at radius 3 is 2.53 bits per heavy atom. The molecule has 1 N–H and O–H groups in total. The van der Waals surface area contributed by atoms with Gasteiger partial charge in [-0.15, -0.1) is 0 Å². The summed E-state index contributed by atoms with van der Waals surface area (Å²) in [6, 6.07) is 8.14. The minimum atomic E-state index is -0.416. The van der Waals surface area contributed by atoms with Gasteiger partial charge >= 0.3 is 0 Å². The monoisotopic (exact) mass is 208 g/mol. The second-order valence-electron chi connectivity index (χ2n) is 3.88. The second-order valence-corrected chi connectivity index (χ2v) is 3.88. The SMILES string of the molecule is CCC(OC)C(O)Cc1ccccc1C. The van der Waals surface area contributed by atoms with Crippen LogP contribution >= 0.6 is 0 Å². The molecule has 0 fully saturated rings. The summed E-state index contributed by atoms with van der Waals surface area (Å²) in [4.78, 5) is 0. The first kappa shape index (κ1) is 12.2. The van der Waals surface area contributed by atoms with Gasteiger partial charge in [0.1, 0.15) is 0 Å². The van der Waals surface area contributed by atoms with Crippen LogP contribution in [0.3, 0.4) is 0 Å². The highest BCUT2D eigenvalue weighted by Crippen LogP contribution is 2.13. The van der Waals surface area contributed by atoms with Crippen LogP contribution in [0.15, 0.2) is 24.3 Å². The number of rotatable bonds is 5. The van der Waals surface area contributed by atoms with Crippen molar-refractivity contribution in [2.24, 2.45) is 0 Å². The van der Waals surface area contributed by atoms with Crippen molar-refractivity contribution in [2.45, 2.75) is 38.9 Å². The Morgan fingerprint density at radius 1 is 1.33 bits per heavy atom. The van der Waals surface area contributed by atoms with Crippen molar-refractivity contribution in [1.29, 1.82) is 0 Å². The minimum Gasteiger partial charge on any atom is -0.390 e. The fourth-order valence-electron chi connectivity index (χ4n) is 1.79. The topological polar surface area (TPSA) is 29.5 Å². The highest BCUT2D eigenvalue weighted by atomic mass is 16.5. The van der Waals surface area contributed by atoms with Crippen LogP contribution in [-0.4, -0.2) is 24.4 Å². The van der Waals surface area contributed by atoms with E-state index in [9.17, 15) is 5.11 Å². The van der Waals surface area contributed by atoms with E-state index in [1.807, 2.05) is 19.1 Å². The molecule has 0 saturated carbocycles. The standard InChI is InChI=1S/C13H20O2/c1-4-13(15-3)12(14)9-11-8-6-5-7-10(11)2/h5-8,12-14H,4,9H2,1-3H3. The highest BCUT2D eigenvalue weighted by Gasteiger charge is 2.17. The quantitative estimate of drug-likeness (QED) is 0.804. The molecule has 0 aliphatic heterocycles. The predicted molar refractivity (Wildman–Crippen MR) is 62.0 cm³/mol. The van der Waals surface area contributed by atoms with E-state index in [1.54, 1.807) is 7.11 Å². The summed E-state index contributed by atoms with van der Waals surface area (Å²) in [5, 5.41) is 9.96. The van der Waals surface area contributed by atoms with Gasteiger partial charge in [-0.05, 0) is 24.5 Å². The summed E-state index contributed by atoms with van der Waals surface area (Å²) < 4.78 is 5.22. The third-order valence-electron chi connectivity index (χ3n) is 2.82. The van der Waals surface area contributed by atoms with Gasteiger partial charge in [-0.25, -0.2) is 0 Å². The molecule has 2 heteroatoms. The summed E-state index contributed by atoms with van der Waals surface area (Å²) in [5.74, 6) is 0. The lowest BCUT2D eigenvalue weighted by Crippen LogP contribution is -2.29. The Kier molecular flexibility index (Phi) is 4.79. The summed E-state index contributed by atoms with van der Waals surface area (Å²) in [5.41, 5.74) is 2.42. The second kappa shape index (κ2) is 5.89. The molecule has 0 bridgehead atoms. The van der Waals surface area contributed by atoms with E-state index in [0.717, 1.165) is 6.42 Å². The van der Waals surface area contributed by atoms with Gasteiger partial charge < -0.3 is 9.84 Å². The van der Waals surface area contributed by atoms with E-state index < -0.39 is 6.10 Å². The molecule has 0 aliphatic rings. The van der Waals surface area contributed by atoms with Gasteiger partial charge in [0.25, 0.3) is 0 Å². The predicted octanol–water partition coefficient (Wildman–Crippen LogP) is 2.32. The molecule has 15 heavy (non-hydrogen) atoms. The van der Waals surface area contributed by atoms with Crippen molar-refractivity contribution in [3.05, 3.63) is 35.4 Å². The van der Waals surface area contributed by atoms with Gasteiger partial charge in [0.05, 0.1) is 12.2 Å². The van der Waals surface area contributed by atoms with Crippen LogP contribution in [0.1, 0.15) is 24.5 Å². The molecule has 2 unspecified atom stereocenters. The van der Waals surface area contributed by atoms with Crippen molar-refractivity contribution in [1.82, 2.24) is 0 Å². The van der Waals surface area contributed by atoms with Gasteiger partial charge in [-0.1, -0.05) is 31.2 Å². The Hall–Kier alpha value is -0.860. The van der Waals surface area contributed by atoms with Crippen LogP contribution in [0.2, 0.25) is 0 Å². The Bertz CT molecular complexity index is 292. The lowest BCUT2D eigenvalue weighted by molar-refractivity contribution is -0.0129. The van der Waals surface area contributed by atoms with Crippen molar-refractivity contribution < 1.29 is 9.84 Å². The first-order valence-corrected chi connectivity index (χ1v) is 5.44. The smallest absolute Gasteiger partial charge is 0.0841 e. The fraction of sp³-hybridized carbons (Fsp3) is 0.538. The third kappa shape index (κ3) is 3.33. The zero-order valence-corrected chi connectivity index (χ0v) is 9.73. The molecular formula is C13H20O2. The molecule has 0 aromatic heterocycles. The molecule has 1 aromatic rings. The molecule has 0 spiro atoms. The zero-order valence-electron chi connectivity index (χ0n) is 9.73. The first-order chi connectivity index (χ1) is 7.19. The van der Waals surface area contributed by atoms with Gasteiger partial charge in [-0.2, -0.15) is 0 Å². The van der Waals surface area contributed by atoms with Crippen LogP contribution in [0.5, 0.6) is 0 Å². The third-order valence-corrected chi connectivity index (χ3v) is 2.82. The first-order valence-electron chi connectivity index (χ1n) is 5.44. The van der Waals surface area contributed by atoms with E-state index in [1.165, 1.54) is 11.1 Å². The van der Waals surface area contributed by atoms with Crippen LogP contribution < -0.4 is 0 Å². The molecule has 0 saturated heterocycles. The lowest BCUT2D eigenvalue weighted by atomic mass is 9.99. The summed E-state index contributed by atoms with van der Waals surface area (Å²) in [6.07, 6.45) is 1.02. The number of methoxy groups -OCH3 is 1. The average molecular weight is 208 g/mol. The molecular weight excluding hydrogens is 188 g/mol. The van der Waals surface area contributed by atoms with E-state index in [2.05, 4.69) is 19.1 Å².